The number of hydrogen-bond donors (Lipinski definition) is 1. The maximum atomic E-state index is 12.4. The largest absolute Gasteiger partial charge is 0.458 e. The van der Waals surface area contributed by atoms with E-state index in [4.69, 9.17) is 16.3 Å². The van der Waals surface area contributed by atoms with E-state index in [0.717, 1.165) is 20.7 Å². The number of thiazole rings is 1. The van der Waals surface area contributed by atoms with Crippen molar-refractivity contribution in [2.45, 2.75) is 6.61 Å². The van der Waals surface area contributed by atoms with Crippen LogP contribution in [0.3, 0.4) is 0 Å². The molecule has 5 nitrogen and oxygen atoms in total. The maximum Gasteiger partial charge on any atom is 0.325 e. The normalized spacial score (nSPS) is 10.8. The first kappa shape index (κ1) is 19.6. The molecule has 0 aliphatic rings. The van der Waals surface area contributed by atoms with E-state index < -0.39 is 11.9 Å². The van der Waals surface area contributed by atoms with Gasteiger partial charge in [-0.2, -0.15) is 0 Å². The molecule has 29 heavy (non-hydrogen) atoms. The van der Waals surface area contributed by atoms with Gasteiger partial charge in [0.25, 0.3) is 5.91 Å². The summed E-state index contributed by atoms with van der Waals surface area (Å²) in [6.07, 6.45) is 0. The number of esters is 1. The lowest BCUT2D eigenvalue weighted by Crippen LogP contribution is -2.30. The van der Waals surface area contributed by atoms with Crippen LogP contribution in [0.2, 0.25) is 5.02 Å². The van der Waals surface area contributed by atoms with E-state index >= 15 is 0 Å². The van der Waals surface area contributed by atoms with E-state index in [1.54, 1.807) is 0 Å². The fourth-order valence-electron chi connectivity index (χ4n) is 2.68. The van der Waals surface area contributed by atoms with E-state index in [1.807, 2.05) is 60.0 Å². The van der Waals surface area contributed by atoms with Crippen LogP contribution in [0.5, 0.6) is 0 Å². The molecule has 0 unspecified atom stereocenters. The summed E-state index contributed by atoms with van der Waals surface area (Å²) in [6, 6.07) is 17.3. The van der Waals surface area contributed by atoms with E-state index in [2.05, 4.69) is 10.3 Å². The zero-order chi connectivity index (χ0) is 20.2. The van der Waals surface area contributed by atoms with Gasteiger partial charge in [0.15, 0.2) is 0 Å². The number of hydrogen-bond acceptors (Lipinski definition) is 6. The second kappa shape index (κ2) is 8.73. The second-order valence-electron chi connectivity index (χ2n) is 6.09. The van der Waals surface area contributed by atoms with Gasteiger partial charge < -0.3 is 10.1 Å². The van der Waals surface area contributed by atoms with Gasteiger partial charge in [0, 0.05) is 21.0 Å². The molecule has 0 saturated carbocycles. The van der Waals surface area contributed by atoms with E-state index in [1.165, 1.54) is 22.7 Å². The number of carbonyl (C=O) groups excluding carboxylic acids is 2. The molecule has 4 rings (SSSR count). The van der Waals surface area contributed by atoms with E-state index in [9.17, 15) is 9.59 Å². The molecule has 0 fully saturated rings. The zero-order valence-electron chi connectivity index (χ0n) is 15.1. The predicted octanol–water partition coefficient (Wildman–Crippen LogP) is 5.15. The van der Waals surface area contributed by atoms with Gasteiger partial charge in [-0.05, 0) is 6.07 Å². The molecule has 0 atom stereocenters. The van der Waals surface area contributed by atoms with Crippen molar-refractivity contribution in [2.75, 3.05) is 6.54 Å². The third-order valence-corrected chi connectivity index (χ3v) is 6.70. The van der Waals surface area contributed by atoms with Crippen LogP contribution in [-0.2, 0) is 16.1 Å². The number of nitrogens with one attached hydrogen (secondary N) is 1. The molecule has 2 heterocycles. The fourth-order valence-corrected chi connectivity index (χ4v) is 4.93. The summed E-state index contributed by atoms with van der Waals surface area (Å²) < 4.78 is 6.13. The first-order valence-corrected chi connectivity index (χ1v) is 10.8. The van der Waals surface area contributed by atoms with Crippen molar-refractivity contribution >= 4 is 56.2 Å². The molecule has 0 radical (unpaired) electrons. The van der Waals surface area contributed by atoms with Crippen molar-refractivity contribution in [3.8, 4) is 10.6 Å². The number of fused-ring (bicyclic) bond motifs is 1. The number of halogens is 1. The van der Waals surface area contributed by atoms with Crippen molar-refractivity contribution in [1.29, 1.82) is 0 Å². The van der Waals surface area contributed by atoms with Crippen molar-refractivity contribution in [3.05, 3.63) is 75.6 Å². The number of ether oxygens (including phenoxy) is 1. The Morgan fingerprint density at radius 2 is 1.83 bits per heavy atom. The van der Waals surface area contributed by atoms with Crippen LogP contribution < -0.4 is 5.32 Å². The second-order valence-corrected chi connectivity index (χ2v) is 8.38. The van der Waals surface area contributed by atoms with Crippen LogP contribution in [0.25, 0.3) is 20.7 Å². The van der Waals surface area contributed by atoms with Gasteiger partial charge in [-0.15, -0.1) is 22.7 Å². The highest BCUT2D eigenvalue weighted by molar-refractivity contribution is 7.21. The first-order chi connectivity index (χ1) is 14.1. The summed E-state index contributed by atoms with van der Waals surface area (Å²) in [5.41, 5.74) is 1.68. The number of benzene rings is 2. The molecule has 4 aromatic rings. The van der Waals surface area contributed by atoms with Crippen LogP contribution in [0, 0.1) is 0 Å². The topological polar surface area (TPSA) is 68.3 Å². The van der Waals surface area contributed by atoms with E-state index in [0.29, 0.717) is 15.6 Å². The summed E-state index contributed by atoms with van der Waals surface area (Å²) >= 11 is 9.07. The zero-order valence-corrected chi connectivity index (χ0v) is 17.4. The minimum Gasteiger partial charge on any atom is -0.458 e. The van der Waals surface area contributed by atoms with E-state index in [-0.39, 0.29) is 13.2 Å². The standard InChI is InChI=1S/C21H15ClN2O3S2/c22-18-15-8-4-5-9-16(15)29-19(18)20(26)23-10-17(25)27-11-14-12-28-21(24-14)13-6-2-1-3-7-13/h1-9,12H,10-11H2,(H,23,26). The Kier molecular flexibility index (Phi) is 5.89. The summed E-state index contributed by atoms with van der Waals surface area (Å²) in [5, 5.41) is 6.50. The van der Waals surface area contributed by atoms with Crippen molar-refractivity contribution in [2.24, 2.45) is 0 Å². The molecule has 0 saturated heterocycles. The van der Waals surface area contributed by atoms with Gasteiger partial charge in [-0.25, -0.2) is 4.98 Å². The Bertz CT molecular complexity index is 1170. The van der Waals surface area contributed by atoms with Gasteiger partial charge in [-0.1, -0.05) is 60.1 Å². The van der Waals surface area contributed by atoms with Gasteiger partial charge in [0.2, 0.25) is 0 Å². The lowest BCUT2D eigenvalue weighted by atomic mass is 10.2. The Morgan fingerprint density at radius 1 is 1.07 bits per heavy atom. The van der Waals surface area contributed by atoms with Gasteiger partial charge in [0.1, 0.15) is 23.0 Å². The predicted molar refractivity (Wildman–Crippen MR) is 117 cm³/mol. The number of amides is 1. The van der Waals surface area contributed by atoms with Crippen LogP contribution in [0.15, 0.2) is 60.0 Å². The molecule has 0 aliphatic carbocycles. The highest BCUT2D eigenvalue weighted by Crippen LogP contribution is 2.34. The smallest absolute Gasteiger partial charge is 0.325 e. The molecule has 0 bridgehead atoms. The number of thiophene rings is 1. The molecular formula is C21H15ClN2O3S2. The highest BCUT2D eigenvalue weighted by atomic mass is 35.5. The maximum absolute atomic E-state index is 12.4. The Morgan fingerprint density at radius 3 is 2.62 bits per heavy atom. The molecule has 8 heteroatoms. The minimum absolute atomic E-state index is 0.0572. The lowest BCUT2D eigenvalue weighted by molar-refractivity contribution is -0.143. The average Bonchev–Trinajstić information content (AvgIpc) is 3.36. The fraction of sp³-hybridized carbons (Fsp3) is 0.0952. The molecule has 2 aromatic heterocycles. The lowest BCUT2D eigenvalue weighted by Gasteiger charge is -2.05. The van der Waals surface area contributed by atoms with Crippen LogP contribution in [0.1, 0.15) is 15.4 Å². The third kappa shape index (κ3) is 4.48. The monoisotopic (exact) mass is 442 g/mol. The minimum atomic E-state index is -0.537. The number of aromatic nitrogens is 1. The van der Waals surface area contributed by atoms with Crippen molar-refractivity contribution in [1.82, 2.24) is 10.3 Å². The quantitative estimate of drug-likeness (QED) is 0.419. The van der Waals surface area contributed by atoms with Crippen LogP contribution in [0.4, 0.5) is 0 Å². The molecule has 146 valence electrons. The number of carbonyl (C=O) groups is 2. The first-order valence-electron chi connectivity index (χ1n) is 8.72. The Balaban J connectivity index is 1.30. The molecule has 2 aromatic carbocycles. The molecule has 1 N–H and O–H groups in total. The van der Waals surface area contributed by atoms with Gasteiger partial charge in [0.05, 0.1) is 10.7 Å². The van der Waals surface area contributed by atoms with Crippen molar-refractivity contribution < 1.29 is 14.3 Å². The molecule has 1 amide bonds. The highest BCUT2D eigenvalue weighted by Gasteiger charge is 2.18. The number of nitrogens with zero attached hydrogens (tertiary/aromatic N) is 1. The van der Waals surface area contributed by atoms with Gasteiger partial charge >= 0.3 is 5.97 Å². The molecular weight excluding hydrogens is 428 g/mol. The van der Waals surface area contributed by atoms with Crippen molar-refractivity contribution in [3.63, 3.8) is 0 Å². The van der Waals surface area contributed by atoms with Gasteiger partial charge in [-0.3, -0.25) is 9.59 Å². The molecule has 0 spiro atoms. The Hall–Kier alpha value is -2.74. The summed E-state index contributed by atoms with van der Waals surface area (Å²) in [5.74, 6) is -0.932. The van der Waals surface area contributed by atoms with Crippen LogP contribution >= 0.6 is 34.3 Å². The average molecular weight is 443 g/mol. The number of rotatable bonds is 6. The summed E-state index contributed by atoms with van der Waals surface area (Å²) in [4.78, 5) is 29.2. The third-order valence-electron chi connectivity index (χ3n) is 4.09. The summed E-state index contributed by atoms with van der Waals surface area (Å²) in [6.45, 7) is -0.180. The van der Waals surface area contributed by atoms with Crippen LogP contribution in [-0.4, -0.2) is 23.4 Å². The summed E-state index contributed by atoms with van der Waals surface area (Å²) in [7, 11) is 0. The SMILES string of the molecule is O=C(CNC(=O)c1sc2ccccc2c1Cl)OCc1csc(-c2ccccc2)n1. The molecule has 0 aliphatic heterocycles. The Labute approximate surface area is 179 Å².